The minimum atomic E-state index is -0.0585. The maximum Gasteiger partial charge on any atom is 0.245 e. The summed E-state index contributed by atoms with van der Waals surface area (Å²) in [5.41, 5.74) is 3.15. The van der Waals surface area contributed by atoms with E-state index in [0.29, 0.717) is 54.5 Å². The number of carbonyl (C=O) groups is 1. The number of ether oxygens (including phenoxy) is 3. The van der Waals surface area contributed by atoms with Crippen LogP contribution in [0.1, 0.15) is 12.8 Å². The van der Waals surface area contributed by atoms with Crippen molar-refractivity contribution in [2.45, 2.75) is 18.9 Å². The first-order valence-corrected chi connectivity index (χ1v) is 13.4. The summed E-state index contributed by atoms with van der Waals surface area (Å²) in [5, 5.41) is 5.23. The van der Waals surface area contributed by atoms with Gasteiger partial charge in [0.1, 0.15) is 35.3 Å². The summed E-state index contributed by atoms with van der Waals surface area (Å²) in [6, 6.07) is 19.5. The Bertz CT molecular complexity index is 1710. The zero-order chi connectivity index (χ0) is 28.3. The predicted octanol–water partition coefficient (Wildman–Crippen LogP) is 6.36. The van der Waals surface area contributed by atoms with Gasteiger partial charge < -0.3 is 28.8 Å². The third-order valence-electron chi connectivity index (χ3n) is 7.31. The molecule has 0 spiro atoms. The molecule has 41 heavy (non-hydrogen) atoms. The van der Waals surface area contributed by atoms with E-state index >= 15 is 0 Å². The van der Waals surface area contributed by atoms with Crippen molar-refractivity contribution in [2.75, 3.05) is 32.6 Å². The lowest BCUT2D eigenvalue weighted by Gasteiger charge is -2.31. The van der Waals surface area contributed by atoms with E-state index in [9.17, 15) is 4.79 Å². The molecule has 9 nitrogen and oxygen atoms in total. The Kier molecular flexibility index (Phi) is 7.16. The van der Waals surface area contributed by atoms with Crippen molar-refractivity contribution in [1.29, 1.82) is 0 Å². The molecule has 1 amide bonds. The van der Waals surface area contributed by atoms with E-state index in [2.05, 4.69) is 21.9 Å². The second-order valence-corrected chi connectivity index (χ2v) is 9.78. The van der Waals surface area contributed by atoms with Crippen molar-refractivity contribution in [2.24, 2.45) is 0 Å². The average Bonchev–Trinajstić information content (AvgIpc) is 3.45. The van der Waals surface area contributed by atoms with Crippen LogP contribution in [0.25, 0.3) is 33.2 Å². The lowest BCUT2D eigenvalue weighted by Crippen LogP contribution is -2.41. The highest BCUT2D eigenvalue weighted by Crippen LogP contribution is 2.39. The fraction of sp³-hybridized carbons (Fsp3) is 0.219. The third kappa shape index (κ3) is 5.26. The Balaban J connectivity index is 1.31. The number of piperidine rings is 1. The van der Waals surface area contributed by atoms with Gasteiger partial charge in [0.25, 0.3) is 0 Å². The summed E-state index contributed by atoms with van der Waals surface area (Å²) in [6.45, 7) is 4.81. The fourth-order valence-corrected chi connectivity index (χ4v) is 5.13. The maximum absolute atomic E-state index is 12.0. The van der Waals surface area contributed by atoms with E-state index in [1.807, 2.05) is 60.7 Å². The van der Waals surface area contributed by atoms with Gasteiger partial charge in [-0.25, -0.2) is 9.97 Å². The van der Waals surface area contributed by atoms with Crippen LogP contribution in [0.2, 0.25) is 0 Å². The Labute approximate surface area is 237 Å². The molecule has 0 radical (unpaired) electrons. The molecule has 2 aromatic heterocycles. The number of methoxy groups -OCH3 is 2. The van der Waals surface area contributed by atoms with Crippen molar-refractivity contribution in [3.05, 3.63) is 79.6 Å². The van der Waals surface area contributed by atoms with Crippen LogP contribution in [0.5, 0.6) is 17.2 Å². The van der Waals surface area contributed by atoms with Crippen LogP contribution in [0.15, 0.2) is 84.1 Å². The first kappa shape index (κ1) is 26.2. The third-order valence-corrected chi connectivity index (χ3v) is 7.31. The molecule has 3 heterocycles. The lowest BCUT2D eigenvalue weighted by atomic mass is 10.1. The van der Waals surface area contributed by atoms with Gasteiger partial charge in [-0.1, -0.05) is 24.8 Å². The molecule has 5 aromatic rings. The number of anilines is 2. The zero-order valence-corrected chi connectivity index (χ0v) is 22.9. The van der Waals surface area contributed by atoms with Crippen molar-refractivity contribution in [1.82, 2.24) is 14.9 Å². The number of hydrogen-bond acceptors (Lipinski definition) is 8. The summed E-state index contributed by atoms with van der Waals surface area (Å²) in [6.07, 6.45) is 4.22. The van der Waals surface area contributed by atoms with E-state index in [-0.39, 0.29) is 12.0 Å². The molecule has 208 valence electrons. The first-order chi connectivity index (χ1) is 20.1. The van der Waals surface area contributed by atoms with E-state index < -0.39 is 0 Å². The standard InChI is InChI=1S/C32H30N4O5/c1-4-31(37)36-13-11-22(12-14-36)40-30-17-23-24(18-29(30)39-3)33-19-34-32(23)35-25-15-21(9-10-27(25)38-2)28-16-20-7-5-6-8-26(20)41-28/h4-10,15-19,22H,1,11-14H2,2-3H3,(H,33,34,35). The summed E-state index contributed by atoms with van der Waals surface area (Å²) < 4.78 is 23.8. The normalized spacial score (nSPS) is 13.8. The van der Waals surface area contributed by atoms with Crippen molar-refractivity contribution >= 4 is 39.3 Å². The molecule has 0 atom stereocenters. The number of amides is 1. The van der Waals surface area contributed by atoms with Gasteiger partial charge >= 0.3 is 0 Å². The molecular formula is C32H30N4O5. The van der Waals surface area contributed by atoms with Crippen LogP contribution < -0.4 is 19.5 Å². The molecule has 1 N–H and O–H groups in total. The highest BCUT2D eigenvalue weighted by molar-refractivity contribution is 5.94. The van der Waals surface area contributed by atoms with Gasteiger partial charge in [0, 0.05) is 48.3 Å². The first-order valence-electron chi connectivity index (χ1n) is 13.4. The predicted molar refractivity (Wildman–Crippen MR) is 158 cm³/mol. The molecule has 1 aliphatic heterocycles. The Morgan fingerprint density at radius 1 is 1.00 bits per heavy atom. The minimum Gasteiger partial charge on any atom is -0.495 e. The maximum atomic E-state index is 12.0. The number of aromatic nitrogens is 2. The van der Waals surface area contributed by atoms with Crippen LogP contribution in [0, 0.1) is 0 Å². The van der Waals surface area contributed by atoms with Gasteiger partial charge in [0.2, 0.25) is 5.91 Å². The van der Waals surface area contributed by atoms with E-state index in [0.717, 1.165) is 33.4 Å². The molecule has 1 saturated heterocycles. The van der Waals surface area contributed by atoms with Gasteiger partial charge in [-0.05, 0) is 42.5 Å². The summed E-state index contributed by atoms with van der Waals surface area (Å²) in [7, 11) is 3.23. The highest BCUT2D eigenvalue weighted by Gasteiger charge is 2.24. The highest BCUT2D eigenvalue weighted by atomic mass is 16.5. The van der Waals surface area contributed by atoms with Gasteiger partial charge in [-0.15, -0.1) is 0 Å². The SMILES string of the molecule is C=CC(=O)N1CCC(Oc2cc3c(Nc4cc(-c5cc6ccccc6o5)ccc4OC)ncnc3cc2OC)CC1. The number of rotatable bonds is 8. The van der Waals surface area contributed by atoms with Crippen LogP contribution in [0.4, 0.5) is 11.5 Å². The van der Waals surface area contributed by atoms with Crippen LogP contribution >= 0.6 is 0 Å². The molecule has 1 aliphatic rings. The minimum absolute atomic E-state index is 0.0561. The average molecular weight is 551 g/mol. The molecule has 9 heteroatoms. The molecule has 1 fully saturated rings. The topological polar surface area (TPSA) is 99.0 Å². The molecule has 0 unspecified atom stereocenters. The molecule has 0 saturated carbocycles. The smallest absolute Gasteiger partial charge is 0.245 e. The second-order valence-electron chi connectivity index (χ2n) is 9.78. The van der Waals surface area contributed by atoms with E-state index in [4.69, 9.17) is 18.6 Å². The summed E-state index contributed by atoms with van der Waals surface area (Å²) >= 11 is 0. The quantitative estimate of drug-likeness (QED) is 0.223. The molecule has 6 rings (SSSR count). The van der Waals surface area contributed by atoms with Crippen LogP contribution in [-0.2, 0) is 4.79 Å². The Morgan fingerprint density at radius 2 is 1.80 bits per heavy atom. The van der Waals surface area contributed by atoms with Crippen LogP contribution in [-0.4, -0.2) is 54.2 Å². The van der Waals surface area contributed by atoms with Crippen LogP contribution in [0.3, 0.4) is 0 Å². The molecular weight excluding hydrogens is 520 g/mol. The Morgan fingerprint density at radius 3 is 2.56 bits per heavy atom. The fourth-order valence-electron chi connectivity index (χ4n) is 5.13. The van der Waals surface area contributed by atoms with Gasteiger partial charge in [-0.2, -0.15) is 0 Å². The number of carbonyl (C=O) groups excluding carboxylic acids is 1. The molecule has 3 aromatic carbocycles. The number of fused-ring (bicyclic) bond motifs is 2. The number of nitrogens with one attached hydrogen (secondary N) is 1. The Hall–Kier alpha value is -5.05. The molecule has 0 bridgehead atoms. The number of para-hydroxylation sites is 1. The number of benzene rings is 3. The number of hydrogen-bond donors (Lipinski definition) is 1. The van der Waals surface area contributed by atoms with Crippen molar-refractivity contribution in [3.63, 3.8) is 0 Å². The van der Waals surface area contributed by atoms with Gasteiger partial charge in [0.05, 0.1) is 25.4 Å². The van der Waals surface area contributed by atoms with E-state index in [1.165, 1.54) is 12.4 Å². The lowest BCUT2D eigenvalue weighted by molar-refractivity contribution is -0.127. The second kappa shape index (κ2) is 11.2. The largest absolute Gasteiger partial charge is 0.495 e. The molecule has 0 aliphatic carbocycles. The number of likely N-dealkylation sites (tertiary alicyclic amines) is 1. The van der Waals surface area contributed by atoms with Crippen molar-refractivity contribution in [3.8, 4) is 28.6 Å². The number of furan rings is 1. The van der Waals surface area contributed by atoms with Crippen molar-refractivity contribution < 1.29 is 23.4 Å². The zero-order valence-electron chi connectivity index (χ0n) is 22.9. The summed E-state index contributed by atoms with van der Waals surface area (Å²) in [4.78, 5) is 22.8. The van der Waals surface area contributed by atoms with E-state index in [1.54, 1.807) is 19.1 Å². The van der Waals surface area contributed by atoms with Gasteiger partial charge in [0.15, 0.2) is 11.5 Å². The number of nitrogens with zero attached hydrogens (tertiary/aromatic N) is 3. The summed E-state index contributed by atoms with van der Waals surface area (Å²) in [5.74, 6) is 3.12. The van der Waals surface area contributed by atoms with Gasteiger partial charge in [-0.3, -0.25) is 4.79 Å². The monoisotopic (exact) mass is 550 g/mol.